The Balaban J connectivity index is 1.86. The molecule has 0 atom stereocenters. The molecular formula is C22H22ClN3O4. The van der Waals surface area contributed by atoms with E-state index in [2.05, 4.69) is 9.97 Å². The SMILES string of the molecule is CCN(Cc1nc2cc(OC)c(OC)cc2c(=O)[nH]1)C(=O)C=Cc1ccccc1Cl. The highest BCUT2D eigenvalue weighted by atomic mass is 35.5. The van der Waals surface area contributed by atoms with Crippen LogP contribution in [-0.2, 0) is 11.3 Å². The lowest BCUT2D eigenvalue weighted by atomic mass is 10.2. The molecule has 1 aromatic heterocycles. The summed E-state index contributed by atoms with van der Waals surface area (Å²) in [5.41, 5.74) is 0.898. The maximum absolute atomic E-state index is 12.6. The smallest absolute Gasteiger partial charge is 0.258 e. The summed E-state index contributed by atoms with van der Waals surface area (Å²) in [4.78, 5) is 34.0. The van der Waals surface area contributed by atoms with Crippen molar-refractivity contribution >= 4 is 34.5 Å². The van der Waals surface area contributed by atoms with Crippen LogP contribution in [0.1, 0.15) is 18.3 Å². The summed E-state index contributed by atoms with van der Waals surface area (Å²) in [7, 11) is 3.02. The van der Waals surface area contributed by atoms with E-state index in [0.717, 1.165) is 5.56 Å². The molecule has 0 fully saturated rings. The van der Waals surface area contributed by atoms with Gasteiger partial charge in [-0.2, -0.15) is 0 Å². The van der Waals surface area contributed by atoms with Crippen molar-refractivity contribution in [2.75, 3.05) is 20.8 Å². The van der Waals surface area contributed by atoms with Gasteiger partial charge in [0.25, 0.3) is 5.56 Å². The molecule has 30 heavy (non-hydrogen) atoms. The number of benzene rings is 2. The van der Waals surface area contributed by atoms with Crippen molar-refractivity contribution in [3.05, 3.63) is 69.2 Å². The largest absolute Gasteiger partial charge is 0.493 e. The van der Waals surface area contributed by atoms with Crippen LogP contribution in [0.4, 0.5) is 0 Å². The second-order valence-corrected chi connectivity index (χ2v) is 6.85. The Labute approximate surface area is 178 Å². The number of methoxy groups -OCH3 is 2. The fraction of sp³-hybridized carbons (Fsp3) is 0.227. The van der Waals surface area contributed by atoms with Gasteiger partial charge in [-0.15, -0.1) is 0 Å². The van der Waals surface area contributed by atoms with Crippen LogP contribution in [0.5, 0.6) is 11.5 Å². The van der Waals surface area contributed by atoms with E-state index in [4.69, 9.17) is 21.1 Å². The van der Waals surface area contributed by atoms with Gasteiger partial charge in [0.1, 0.15) is 5.82 Å². The van der Waals surface area contributed by atoms with Gasteiger partial charge in [0.15, 0.2) is 11.5 Å². The number of rotatable bonds is 7. The number of H-pyrrole nitrogens is 1. The predicted molar refractivity (Wildman–Crippen MR) is 117 cm³/mol. The Kier molecular flexibility index (Phi) is 6.74. The first kappa shape index (κ1) is 21.4. The molecule has 0 saturated carbocycles. The summed E-state index contributed by atoms with van der Waals surface area (Å²) >= 11 is 6.13. The van der Waals surface area contributed by atoms with Gasteiger partial charge in [-0.25, -0.2) is 4.98 Å². The number of amides is 1. The van der Waals surface area contributed by atoms with Crippen molar-refractivity contribution in [1.82, 2.24) is 14.9 Å². The van der Waals surface area contributed by atoms with Crippen molar-refractivity contribution in [2.24, 2.45) is 0 Å². The van der Waals surface area contributed by atoms with Crippen molar-refractivity contribution < 1.29 is 14.3 Å². The monoisotopic (exact) mass is 427 g/mol. The first-order chi connectivity index (χ1) is 14.5. The zero-order valence-electron chi connectivity index (χ0n) is 16.9. The molecule has 8 heteroatoms. The van der Waals surface area contributed by atoms with Crippen LogP contribution in [0.3, 0.4) is 0 Å². The highest BCUT2D eigenvalue weighted by molar-refractivity contribution is 6.32. The molecule has 1 heterocycles. The van der Waals surface area contributed by atoms with E-state index in [1.54, 1.807) is 29.2 Å². The van der Waals surface area contributed by atoms with Crippen LogP contribution in [0.15, 0.2) is 47.3 Å². The zero-order chi connectivity index (χ0) is 21.7. The summed E-state index contributed by atoms with van der Waals surface area (Å²) in [5.74, 6) is 1.08. The molecule has 0 bridgehead atoms. The number of carbonyl (C=O) groups excluding carboxylic acids is 1. The van der Waals surface area contributed by atoms with Crippen LogP contribution in [-0.4, -0.2) is 41.5 Å². The van der Waals surface area contributed by atoms with E-state index in [-0.39, 0.29) is 18.0 Å². The van der Waals surface area contributed by atoms with E-state index < -0.39 is 0 Å². The molecule has 0 aliphatic carbocycles. The third kappa shape index (κ3) is 4.63. The molecule has 0 aliphatic heterocycles. The summed E-state index contributed by atoms with van der Waals surface area (Å²) in [5, 5.41) is 0.943. The molecule has 156 valence electrons. The normalized spacial score (nSPS) is 11.1. The molecule has 0 radical (unpaired) electrons. The number of halogens is 1. The highest BCUT2D eigenvalue weighted by Gasteiger charge is 2.14. The van der Waals surface area contributed by atoms with E-state index in [9.17, 15) is 9.59 Å². The van der Waals surface area contributed by atoms with Crippen LogP contribution in [0.25, 0.3) is 17.0 Å². The van der Waals surface area contributed by atoms with Crippen LogP contribution < -0.4 is 15.0 Å². The predicted octanol–water partition coefficient (Wildman–Crippen LogP) is 3.66. The Morgan fingerprint density at radius 1 is 1.20 bits per heavy atom. The molecule has 2 aromatic carbocycles. The average Bonchev–Trinajstić information content (AvgIpc) is 2.75. The first-order valence-electron chi connectivity index (χ1n) is 9.33. The van der Waals surface area contributed by atoms with Gasteiger partial charge in [-0.3, -0.25) is 9.59 Å². The van der Waals surface area contributed by atoms with Gasteiger partial charge < -0.3 is 19.4 Å². The number of aromatic amines is 1. The molecule has 0 saturated heterocycles. The van der Waals surface area contributed by atoms with Gasteiger partial charge in [0.2, 0.25) is 5.91 Å². The van der Waals surface area contributed by atoms with E-state index in [0.29, 0.717) is 39.8 Å². The van der Waals surface area contributed by atoms with Gasteiger partial charge >= 0.3 is 0 Å². The topological polar surface area (TPSA) is 84.5 Å². The number of carbonyl (C=O) groups is 1. The second-order valence-electron chi connectivity index (χ2n) is 6.44. The number of likely N-dealkylation sites (N-methyl/N-ethyl adjacent to an activating group) is 1. The van der Waals surface area contributed by atoms with Crippen molar-refractivity contribution in [3.8, 4) is 11.5 Å². The molecule has 1 amide bonds. The van der Waals surface area contributed by atoms with Crippen LogP contribution >= 0.6 is 11.6 Å². The quantitative estimate of drug-likeness (QED) is 0.582. The Hall–Kier alpha value is -3.32. The summed E-state index contributed by atoms with van der Waals surface area (Å²) in [6.07, 6.45) is 3.12. The number of fused-ring (bicyclic) bond motifs is 1. The Morgan fingerprint density at radius 3 is 2.57 bits per heavy atom. The second kappa shape index (κ2) is 9.45. The number of hydrogen-bond acceptors (Lipinski definition) is 5. The minimum atomic E-state index is -0.314. The summed E-state index contributed by atoms with van der Waals surface area (Å²) in [6.45, 7) is 2.45. The minimum Gasteiger partial charge on any atom is -0.493 e. The van der Waals surface area contributed by atoms with Gasteiger partial charge in [-0.05, 0) is 30.7 Å². The lowest BCUT2D eigenvalue weighted by molar-refractivity contribution is -0.126. The molecular weight excluding hydrogens is 406 g/mol. The Bertz CT molecular complexity index is 1160. The molecule has 0 aliphatic rings. The van der Waals surface area contributed by atoms with Crippen LogP contribution in [0, 0.1) is 0 Å². The van der Waals surface area contributed by atoms with Gasteiger partial charge in [-0.1, -0.05) is 29.8 Å². The van der Waals surface area contributed by atoms with Crippen molar-refractivity contribution in [1.29, 1.82) is 0 Å². The minimum absolute atomic E-state index is 0.154. The molecule has 0 spiro atoms. The van der Waals surface area contributed by atoms with Crippen LogP contribution in [0.2, 0.25) is 5.02 Å². The number of hydrogen-bond donors (Lipinski definition) is 1. The molecule has 7 nitrogen and oxygen atoms in total. The fourth-order valence-corrected chi connectivity index (χ4v) is 3.19. The van der Waals surface area contributed by atoms with E-state index in [1.165, 1.54) is 20.3 Å². The standard InChI is InChI=1S/C22H22ClN3O4/c1-4-26(21(27)10-9-14-7-5-6-8-16(14)23)13-20-24-17-12-19(30-3)18(29-2)11-15(17)22(28)25-20/h5-12H,4,13H2,1-3H3,(H,24,25,28). The number of nitrogens with zero attached hydrogens (tertiary/aromatic N) is 2. The first-order valence-corrected chi connectivity index (χ1v) is 9.71. The zero-order valence-corrected chi connectivity index (χ0v) is 17.7. The fourth-order valence-electron chi connectivity index (χ4n) is 2.99. The van der Waals surface area contributed by atoms with Gasteiger partial charge in [0.05, 0.1) is 31.7 Å². The molecule has 1 N–H and O–H groups in total. The summed E-state index contributed by atoms with van der Waals surface area (Å²) in [6, 6.07) is 10.5. The number of aromatic nitrogens is 2. The lowest BCUT2D eigenvalue weighted by Gasteiger charge is -2.18. The maximum atomic E-state index is 12.6. The third-order valence-electron chi connectivity index (χ3n) is 4.60. The van der Waals surface area contributed by atoms with E-state index in [1.807, 2.05) is 25.1 Å². The third-order valence-corrected chi connectivity index (χ3v) is 4.95. The average molecular weight is 428 g/mol. The van der Waals surface area contributed by atoms with Crippen molar-refractivity contribution in [3.63, 3.8) is 0 Å². The number of ether oxygens (including phenoxy) is 2. The van der Waals surface area contributed by atoms with Crippen molar-refractivity contribution in [2.45, 2.75) is 13.5 Å². The number of nitrogens with one attached hydrogen (secondary N) is 1. The van der Waals surface area contributed by atoms with Gasteiger partial charge in [0, 0.05) is 23.7 Å². The summed E-state index contributed by atoms with van der Waals surface area (Å²) < 4.78 is 10.5. The molecule has 3 rings (SSSR count). The molecule has 0 unspecified atom stereocenters. The lowest BCUT2D eigenvalue weighted by Crippen LogP contribution is -2.30. The Morgan fingerprint density at radius 2 is 1.90 bits per heavy atom. The molecule has 3 aromatic rings. The highest BCUT2D eigenvalue weighted by Crippen LogP contribution is 2.30. The maximum Gasteiger partial charge on any atom is 0.258 e. The van der Waals surface area contributed by atoms with E-state index >= 15 is 0 Å².